The van der Waals surface area contributed by atoms with Gasteiger partial charge in [0.05, 0.1) is 5.56 Å². The number of hydrogen-bond acceptors (Lipinski definition) is 6. The third-order valence-corrected chi connectivity index (χ3v) is 2.23. The normalized spacial score (nSPS) is 10.1. The second kappa shape index (κ2) is 4.19. The maximum atomic E-state index is 12.9. The molecular formula is C8H5FN4O2S. The van der Waals surface area contributed by atoms with E-state index in [-0.39, 0.29) is 16.4 Å². The van der Waals surface area contributed by atoms with Gasteiger partial charge in [0.2, 0.25) is 5.13 Å². The summed E-state index contributed by atoms with van der Waals surface area (Å²) in [7, 11) is 0. The molecular weight excluding hydrogens is 235 g/mol. The Morgan fingerprint density at radius 3 is 3.00 bits per heavy atom. The Bertz CT molecular complexity index is 517. The number of nitrogens with zero attached hydrogens (tertiary/aromatic N) is 3. The molecule has 2 rings (SSSR count). The van der Waals surface area contributed by atoms with Crippen molar-refractivity contribution in [3.8, 4) is 5.75 Å². The van der Waals surface area contributed by atoms with Crippen LogP contribution in [0.15, 0.2) is 18.2 Å². The lowest BCUT2D eigenvalue weighted by molar-refractivity contribution is 0.102. The summed E-state index contributed by atoms with van der Waals surface area (Å²) in [5.41, 5.74) is -0.171. The van der Waals surface area contributed by atoms with Crippen molar-refractivity contribution in [2.24, 2.45) is 0 Å². The summed E-state index contributed by atoms with van der Waals surface area (Å²) in [4.78, 5) is 11.6. The molecule has 0 aliphatic carbocycles. The molecule has 0 fully saturated rings. The van der Waals surface area contributed by atoms with Crippen molar-refractivity contribution in [2.45, 2.75) is 0 Å². The molecule has 0 aliphatic heterocycles. The third-order valence-electron chi connectivity index (χ3n) is 1.72. The minimum absolute atomic E-state index is 0.171. The van der Waals surface area contributed by atoms with E-state index in [1.807, 2.05) is 0 Å². The number of carbonyl (C=O) groups is 1. The van der Waals surface area contributed by atoms with E-state index in [2.05, 4.69) is 20.1 Å². The molecule has 1 amide bonds. The van der Waals surface area contributed by atoms with Crippen molar-refractivity contribution in [3.63, 3.8) is 0 Å². The van der Waals surface area contributed by atoms with E-state index < -0.39 is 11.7 Å². The molecule has 0 bridgehead atoms. The van der Waals surface area contributed by atoms with Crippen molar-refractivity contribution in [2.75, 3.05) is 5.32 Å². The zero-order valence-electron chi connectivity index (χ0n) is 7.72. The number of phenolic OH excluding ortho intramolecular Hbond substituents is 1. The summed E-state index contributed by atoms with van der Waals surface area (Å²) in [6, 6.07) is 3.08. The number of anilines is 1. The van der Waals surface area contributed by atoms with Crippen molar-refractivity contribution >= 4 is 22.6 Å². The first-order valence-corrected chi connectivity index (χ1v) is 4.89. The fourth-order valence-electron chi connectivity index (χ4n) is 1.04. The standard InChI is InChI=1S/C8H5FN4O2S/c9-4-1-2-6(14)5(3-4)7(15)10-8-11-12-13-16-8/h1-3,14H,(H,10,11,13,15). The Morgan fingerprint density at radius 1 is 1.50 bits per heavy atom. The maximum absolute atomic E-state index is 12.9. The lowest BCUT2D eigenvalue weighted by Gasteiger charge is -2.03. The first-order chi connectivity index (χ1) is 7.66. The molecule has 2 N–H and O–H groups in total. The number of aromatic nitrogens is 3. The van der Waals surface area contributed by atoms with Crippen molar-refractivity contribution in [1.29, 1.82) is 0 Å². The highest BCUT2D eigenvalue weighted by molar-refractivity contribution is 7.09. The number of nitrogens with one attached hydrogen (secondary N) is 1. The summed E-state index contributed by atoms with van der Waals surface area (Å²) < 4.78 is 16.3. The molecule has 1 aromatic heterocycles. The Balaban J connectivity index is 2.24. The summed E-state index contributed by atoms with van der Waals surface area (Å²) in [6.07, 6.45) is 0. The maximum Gasteiger partial charge on any atom is 0.261 e. The predicted octanol–water partition coefficient (Wildman–Crippen LogP) is 1.03. The van der Waals surface area contributed by atoms with Crippen molar-refractivity contribution < 1.29 is 14.3 Å². The average Bonchev–Trinajstić information content (AvgIpc) is 2.74. The zero-order valence-corrected chi connectivity index (χ0v) is 8.53. The quantitative estimate of drug-likeness (QED) is 0.818. The van der Waals surface area contributed by atoms with Gasteiger partial charge in [-0.05, 0) is 23.4 Å². The Kier molecular flexibility index (Phi) is 2.73. The van der Waals surface area contributed by atoms with Gasteiger partial charge in [-0.15, -0.1) is 0 Å². The van der Waals surface area contributed by atoms with E-state index in [1.165, 1.54) is 0 Å². The first-order valence-electron chi connectivity index (χ1n) is 4.12. The lowest BCUT2D eigenvalue weighted by Crippen LogP contribution is -2.12. The fraction of sp³-hybridized carbons (Fsp3) is 0. The molecule has 82 valence electrons. The fourth-order valence-corrected chi connectivity index (χ4v) is 1.40. The van der Waals surface area contributed by atoms with Crippen LogP contribution in [0, 0.1) is 5.82 Å². The molecule has 0 atom stereocenters. The molecule has 0 saturated carbocycles. The molecule has 16 heavy (non-hydrogen) atoms. The topological polar surface area (TPSA) is 88.0 Å². The van der Waals surface area contributed by atoms with E-state index in [9.17, 15) is 14.3 Å². The molecule has 0 radical (unpaired) electrons. The van der Waals surface area contributed by atoms with Crippen LogP contribution in [-0.4, -0.2) is 25.8 Å². The van der Waals surface area contributed by atoms with Gasteiger partial charge in [0, 0.05) is 11.5 Å². The predicted molar refractivity (Wildman–Crippen MR) is 53.7 cm³/mol. The van der Waals surface area contributed by atoms with Crippen LogP contribution in [-0.2, 0) is 0 Å². The van der Waals surface area contributed by atoms with Gasteiger partial charge in [-0.3, -0.25) is 10.1 Å². The number of rotatable bonds is 2. The molecule has 6 nitrogen and oxygen atoms in total. The molecule has 0 spiro atoms. The van der Waals surface area contributed by atoms with E-state index in [4.69, 9.17) is 0 Å². The van der Waals surface area contributed by atoms with E-state index >= 15 is 0 Å². The Labute approximate surface area is 92.9 Å². The SMILES string of the molecule is O=C(Nc1nnns1)c1cc(F)ccc1O. The van der Waals surface area contributed by atoms with Crippen molar-refractivity contribution in [3.05, 3.63) is 29.6 Å². The van der Waals surface area contributed by atoms with Crippen molar-refractivity contribution in [1.82, 2.24) is 14.8 Å². The highest BCUT2D eigenvalue weighted by atomic mass is 32.1. The number of carbonyl (C=O) groups excluding carboxylic acids is 1. The average molecular weight is 240 g/mol. The Hall–Kier alpha value is -2.09. The van der Waals surface area contributed by atoms with Crippen LogP contribution < -0.4 is 5.32 Å². The van der Waals surface area contributed by atoms with Crippen LogP contribution in [0.5, 0.6) is 5.75 Å². The van der Waals surface area contributed by atoms with Gasteiger partial charge in [-0.25, -0.2) is 4.39 Å². The van der Waals surface area contributed by atoms with Gasteiger partial charge >= 0.3 is 0 Å². The van der Waals surface area contributed by atoms with E-state index in [0.29, 0.717) is 0 Å². The number of hydrogen-bond donors (Lipinski definition) is 2. The molecule has 1 aromatic carbocycles. The highest BCUT2D eigenvalue weighted by Gasteiger charge is 2.13. The molecule has 2 aromatic rings. The minimum Gasteiger partial charge on any atom is -0.507 e. The summed E-state index contributed by atoms with van der Waals surface area (Å²) in [6.45, 7) is 0. The minimum atomic E-state index is -0.671. The van der Waals surface area contributed by atoms with Crippen LogP contribution in [0.1, 0.15) is 10.4 Å². The van der Waals surface area contributed by atoms with Crippen LogP contribution in [0.2, 0.25) is 0 Å². The lowest BCUT2D eigenvalue weighted by atomic mass is 10.2. The van der Waals surface area contributed by atoms with Gasteiger partial charge in [-0.1, -0.05) is 9.59 Å². The van der Waals surface area contributed by atoms with Crippen LogP contribution in [0.4, 0.5) is 9.52 Å². The highest BCUT2D eigenvalue weighted by Crippen LogP contribution is 2.19. The number of aromatic hydroxyl groups is 1. The largest absolute Gasteiger partial charge is 0.507 e. The van der Waals surface area contributed by atoms with E-state index in [0.717, 1.165) is 29.7 Å². The number of phenols is 1. The van der Waals surface area contributed by atoms with Gasteiger partial charge in [-0.2, -0.15) is 0 Å². The van der Waals surface area contributed by atoms with Gasteiger partial charge in [0.15, 0.2) is 0 Å². The summed E-state index contributed by atoms with van der Waals surface area (Å²) in [5, 5.41) is 18.6. The Morgan fingerprint density at radius 2 is 2.31 bits per heavy atom. The summed E-state index contributed by atoms with van der Waals surface area (Å²) in [5.74, 6) is -1.59. The number of amides is 1. The van der Waals surface area contributed by atoms with Gasteiger partial charge in [0.1, 0.15) is 11.6 Å². The second-order valence-electron chi connectivity index (χ2n) is 2.78. The smallest absolute Gasteiger partial charge is 0.261 e. The third kappa shape index (κ3) is 2.11. The van der Waals surface area contributed by atoms with Crippen LogP contribution in [0.25, 0.3) is 0 Å². The monoisotopic (exact) mass is 240 g/mol. The molecule has 0 unspecified atom stereocenters. The van der Waals surface area contributed by atoms with Crippen LogP contribution in [0.3, 0.4) is 0 Å². The van der Waals surface area contributed by atoms with Gasteiger partial charge in [0.25, 0.3) is 5.91 Å². The molecule has 1 heterocycles. The molecule has 0 aliphatic rings. The molecule has 8 heteroatoms. The van der Waals surface area contributed by atoms with Crippen LogP contribution >= 0.6 is 11.5 Å². The second-order valence-corrected chi connectivity index (χ2v) is 3.52. The summed E-state index contributed by atoms with van der Waals surface area (Å²) >= 11 is 0.876. The van der Waals surface area contributed by atoms with Gasteiger partial charge < -0.3 is 5.11 Å². The number of halogens is 1. The van der Waals surface area contributed by atoms with E-state index in [1.54, 1.807) is 0 Å². The number of benzene rings is 1. The molecule has 0 saturated heterocycles. The zero-order chi connectivity index (χ0) is 11.5. The first kappa shape index (κ1) is 10.4.